The van der Waals surface area contributed by atoms with Crippen LogP contribution in [0.3, 0.4) is 0 Å². The van der Waals surface area contributed by atoms with Crippen molar-refractivity contribution >= 4 is 11.3 Å². The van der Waals surface area contributed by atoms with E-state index >= 15 is 0 Å². The molecular weight excluding hydrogens is 156 g/mol. The molecule has 0 radical (unpaired) electrons. The van der Waals surface area contributed by atoms with Crippen molar-refractivity contribution in [3.63, 3.8) is 0 Å². The van der Waals surface area contributed by atoms with Crippen LogP contribution in [0, 0.1) is 6.92 Å². The lowest BCUT2D eigenvalue weighted by Gasteiger charge is -2.18. The number of rotatable bonds is 2. The van der Waals surface area contributed by atoms with Crippen LogP contribution >= 0.6 is 11.3 Å². The summed E-state index contributed by atoms with van der Waals surface area (Å²) in [6.45, 7) is 6.09. The largest absolute Gasteiger partial charge is 0.320 e. The van der Waals surface area contributed by atoms with E-state index in [4.69, 9.17) is 5.73 Å². The minimum Gasteiger partial charge on any atom is -0.320 e. The zero-order chi connectivity index (χ0) is 8.48. The lowest BCUT2D eigenvalue weighted by molar-refractivity contribution is 0.473. The molecule has 0 saturated carbocycles. The Hall–Kier alpha value is -0.410. The topological polar surface area (TPSA) is 38.9 Å². The molecular formula is C8H14N2S. The van der Waals surface area contributed by atoms with Crippen LogP contribution in [0.5, 0.6) is 0 Å². The average Bonchev–Trinajstić information content (AvgIpc) is 2.36. The number of aryl methyl sites for hydroxylation is 1. The predicted molar refractivity (Wildman–Crippen MR) is 48.7 cm³/mol. The highest BCUT2D eigenvalue weighted by Crippen LogP contribution is 2.24. The highest BCUT2D eigenvalue weighted by molar-refractivity contribution is 7.09. The van der Waals surface area contributed by atoms with Crippen molar-refractivity contribution < 1.29 is 0 Å². The third-order valence-electron chi connectivity index (χ3n) is 1.84. The van der Waals surface area contributed by atoms with Gasteiger partial charge in [0.2, 0.25) is 0 Å². The molecule has 1 aromatic rings. The van der Waals surface area contributed by atoms with Gasteiger partial charge in [0.1, 0.15) is 5.01 Å². The molecule has 0 bridgehead atoms. The highest BCUT2D eigenvalue weighted by Gasteiger charge is 2.21. The maximum atomic E-state index is 6.00. The Bertz CT molecular complexity index is 240. The summed E-state index contributed by atoms with van der Waals surface area (Å²) >= 11 is 1.64. The first-order chi connectivity index (χ1) is 5.06. The van der Waals surface area contributed by atoms with Crippen molar-refractivity contribution in [2.24, 2.45) is 5.73 Å². The maximum Gasteiger partial charge on any atom is 0.112 e. The standard InChI is InChI=1S/C8H14N2S/c1-4-8(3,9)7-10-6(2)5-11-7/h5H,4,9H2,1-3H3/t8-/m0/s1. The third-order valence-corrected chi connectivity index (χ3v) is 3.08. The first kappa shape index (κ1) is 8.68. The van der Waals surface area contributed by atoms with Gasteiger partial charge in [-0.3, -0.25) is 0 Å². The molecule has 0 unspecified atom stereocenters. The number of aromatic nitrogens is 1. The number of hydrogen-bond acceptors (Lipinski definition) is 3. The second kappa shape index (κ2) is 2.91. The number of nitrogens with two attached hydrogens (primary N) is 1. The number of hydrogen-bond donors (Lipinski definition) is 1. The summed E-state index contributed by atoms with van der Waals surface area (Å²) in [5.74, 6) is 0. The summed E-state index contributed by atoms with van der Waals surface area (Å²) < 4.78 is 0. The molecule has 1 heterocycles. The van der Waals surface area contributed by atoms with Gasteiger partial charge in [0.15, 0.2) is 0 Å². The van der Waals surface area contributed by atoms with E-state index in [9.17, 15) is 0 Å². The van der Waals surface area contributed by atoms with Gasteiger partial charge in [-0.15, -0.1) is 11.3 Å². The first-order valence-corrected chi connectivity index (χ1v) is 4.65. The number of thiazole rings is 1. The van der Waals surface area contributed by atoms with Gasteiger partial charge < -0.3 is 5.73 Å². The molecule has 11 heavy (non-hydrogen) atoms. The van der Waals surface area contributed by atoms with Crippen molar-refractivity contribution in [1.82, 2.24) is 4.98 Å². The van der Waals surface area contributed by atoms with Crippen LogP contribution in [0.4, 0.5) is 0 Å². The van der Waals surface area contributed by atoms with Gasteiger partial charge >= 0.3 is 0 Å². The molecule has 2 N–H and O–H groups in total. The summed E-state index contributed by atoms with van der Waals surface area (Å²) in [5, 5.41) is 3.08. The molecule has 0 aliphatic carbocycles. The lowest BCUT2D eigenvalue weighted by atomic mass is 10.0. The van der Waals surface area contributed by atoms with Crippen molar-refractivity contribution in [2.75, 3.05) is 0 Å². The second-order valence-corrected chi connectivity index (χ2v) is 3.92. The van der Waals surface area contributed by atoms with Crippen molar-refractivity contribution in [3.8, 4) is 0 Å². The Labute approximate surface area is 71.5 Å². The molecule has 3 heteroatoms. The smallest absolute Gasteiger partial charge is 0.112 e. The lowest BCUT2D eigenvalue weighted by Crippen LogP contribution is -2.31. The molecule has 1 atom stereocenters. The summed E-state index contributed by atoms with van der Waals surface area (Å²) in [7, 11) is 0. The Morgan fingerprint density at radius 3 is 2.73 bits per heavy atom. The highest BCUT2D eigenvalue weighted by atomic mass is 32.1. The molecule has 0 aromatic carbocycles. The Kier molecular flexibility index (Phi) is 2.30. The fourth-order valence-electron chi connectivity index (χ4n) is 0.768. The van der Waals surface area contributed by atoms with Crippen LogP contribution in [-0.4, -0.2) is 4.98 Å². The van der Waals surface area contributed by atoms with Gasteiger partial charge in [-0.2, -0.15) is 0 Å². The molecule has 0 aliphatic rings. The van der Waals surface area contributed by atoms with Crippen LogP contribution in [0.25, 0.3) is 0 Å². The summed E-state index contributed by atoms with van der Waals surface area (Å²) in [6, 6.07) is 0. The molecule has 0 amide bonds. The van der Waals surface area contributed by atoms with Crippen LogP contribution in [0.1, 0.15) is 31.0 Å². The minimum atomic E-state index is -0.237. The minimum absolute atomic E-state index is 0.237. The van der Waals surface area contributed by atoms with E-state index in [1.807, 2.05) is 19.2 Å². The van der Waals surface area contributed by atoms with E-state index in [0.717, 1.165) is 17.1 Å². The van der Waals surface area contributed by atoms with E-state index < -0.39 is 0 Å². The molecule has 0 spiro atoms. The van der Waals surface area contributed by atoms with Gasteiger partial charge in [-0.1, -0.05) is 6.92 Å². The molecule has 0 saturated heterocycles. The normalized spacial score (nSPS) is 16.4. The monoisotopic (exact) mass is 170 g/mol. The SMILES string of the molecule is CC[C@](C)(N)c1nc(C)cs1. The quantitative estimate of drug-likeness (QED) is 0.737. The summed E-state index contributed by atoms with van der Waals surface area (Å²) in [5.41, 5.74) is 6.83. The van der Waals surface area contributed by atoms with E-state index in [-0.39, 0.29) is 5.54 Å². The van der Waals surface area contributed by atoms with Gasteiger partial charge in [-0.25, -0.2) is 4.98 Å². The van der Waals surface area contributed by atoms with Crippen LogP contribution in [-0.2, 0) is 5.54 Å². The van der Waals surface area contributed by atoms with E-state index in [1.165, 1.54) is 0 Å². The van der Waals surface area contributed by atoms with Crippen molar-refractivity contribution in [1.29, 1.82) is 0 Å². The Morgan fingerprint density at radius 1 is 1.73 bits per heavy atom. The van der Waals surface area contributed by atoms with Crippen LogP contribution < -0.4 is 5.73 Å². The molecule has 1 rings (SSSR count). The summed E-state index contributed by atoms with van der Waals surface area (Å²) in [6.07, 6.45) is 0.931. The predicted octanol–water partition coefficient (Wildman–Crippen LogP) is 2.04. The van der Waals surface area contributed by atoms with Gasteiger partial charge in [0.25, 0.3) is 0 Å². The second-order valence-electron chi connectivity index (χ2n) is 3.07. The molecule has 0 fully saturated rings. The fraction of sp³-hybridized carbons (Fsp3) is 0.625. The van der Waals surface area contributed by atoms with Gasteiger partial charge in [-0.05, 0) is 20.3 Å². The average molecular weight is 170 g/mol. The first-order valence-electron chi connectivity index (χ1n) is 3.78. The zero-order valence-electron chi connectivity index (χ0n) is 7.22. The van der Waals surface area contributed by atoms with E-state index in [1.54, 1.807) is 11.3 Å². The van der Waals surface area contributed by atoms with E-state index in [2.05, 4.69) is 11.9 Å². The molecule has 62 valence electrons. The number of nitrogens with zero attached hydrogens (tertiary/aromatic N) is 1. The van der Waals surface area contributed by atoms with Crippen LogP contribution in [0.2, 0.25) is 0 Å². The van der Waals surface area contributed by atoms with Gasteiger partial charge in [0, 0.05) is 11.1 Å². The molecule has 1 aromatic heterocycles. The Balaban J connectivity index is 2.92. The zero-order valence-corrected chi connectivity index (χ0v) is 8.03. The maximum absolute atomic E-state index is 6.00. The van der Waals surface area contributed by atoms with Crippen molar-refractivity contribution in [3.05, 3.63) is 16.1 Å². The third kappa shape index (κ3) is 1.79. The fourth-order valence-corrected chi connectivity index (χ4v) is 1.71. The Morgan fingerprint density at radius 2 is 2.36 bits per heavy atom. The van der Waals surface area contributed by atoms with E-state index in [0.29, 0.717) is 0 Å². The van der Waals surface area contributed by atoms with Gasteiger partial charge in [0.05, 0.1) is 5.54 Å². The summed E-state index contributed by atoms with van der Waals surface area (Å²) in [4.78, 5) is 4.35. The molecule has 2 nitrogen and oxygen atoms in total. The molecule has 0 aliphatic heterocycles. The van der Waals surface area contributed by atoms with Crippen LogP contribution in [0.15, 0.2) is 5.38 Å². The van der Waals surface area contributed by atoms with Crippen molar-refractivity contribution in [2.45, 2.75) is 32.7 Å².